The van der Waals surface area contributed by atoms with Crippen LogP contribution in [-0.2, 0) is 4.74 Å². The molecule has 128 valence electrons. The third kappa shape index (κ3) is 3.70. The van der Waals surface area contributed by atoms with Crippen LogP contribution in [0.25, 0.3) is 0 Å². The molecule has 1 unspecified atom stereocenters. The molecule has 8 heteroatoms. The minimum Gasteiger partial charge on any atom is -0.422 e. The van der Waals surface area contributed by atoms with E-state index in [1.807, 2.05) is 32.9 Å². The molecule has 0 aromatic carbocycles. The first kappa shape index (κ1) is 16.4. The van der Waals surface area contributed by atoms with E-state index in [9.17, 15) is 4.79 Å². The number of aryl methyl sites for hydroxylation is 1. The van der Waals surface area contributed by atoms with Gasteiger partial charge in [0.05, 0.1) is 25.0 Å². The third-order valence-electron chi connectivity index (χ3n) is 3.74. The molecule has 1 atom stereocenters. The first-order chi connectivity index (χ1) is 11.5. The van der Waals surface area contributed by atoms with Gasteiger partial charge >= 0.3 is 6.03 Å². The molecular formula is C16H21N5O3. The van der Waals surface area contributed by atoms with Gasteiger partial charge in [-0.1, -0.05) is 13.8 Å². The van der Waals surface area contributed by atoms with E-state index in [-0.39, 0.29) is 11.9 Å². The van der Waals surface area contributed by atoms with Gasteiger partial charge in [-0.25, -0.2) is 4.79 Å². The second kappa shape index (κ2) is 6.96. The molecule has 2 aromatic rings. The lowest BCUT2D eigenvalue weighted by Gasteiger charge is -2.31. The molecule has 8 nitrogen and oxygen atoms in total. The molecule has 1 fully saturated rings. The van der Waals surface area contributed by atoms with Gasteiger partial charge in [0.1, 0.15) is 0 Å². The number of carbonyl (C=O) groups excluding carboxylic acids is 1. The Kier molecular flexibility index (Phi) is 4.75. The van der Waals surface area contributed by atoms with Crippen molar-refractivity contribution >= 4 is 11.7 Å². The standard InChI is InChI=1S/C16H21N5O3/c1-10(2)14-19-20-15(24-14)13-9-21(6-7-23-13)16(22)18-12-5-4-11(3)17-8-12/h4-5,8,10,13H,6-7,9H2,1-3H3,(H,18,22). The van der Waals surface area contributed by atoms with Crippen LogP contribution in [0.2, 0.25) is 0 Å². The number of morpholine rings is 1. The lowest BCUT2D eigenvalue weighted by atomic mass is 10.2. The number of rotatable bonds is 3. The first-order valence-corrected chi connectivity index (χ1v) is 7.96. The maximum Gasteiger partial charge on any atom is 0.322 e. The van der Waals surface area contributed by atoms with Gasteiger partial charge in [-0.05, 0) is 19.1 Å². The number of hydrogen-bond acceptors (Lipinski definition) is 6. The summed E-state index contributed by atoms with van der Waals surface area (Å²) in [6, 6.07) is 3.48. The predicted octanol–water partition coefficient (Wildman–Crippen LogP) is 2.50. The van der Waals surface area contributed by atoms with E-state index in [2.05, 4.69) is 20.5 Å². The molecule has 1 N–H and O–H groups in total. The van der Waals surface area contributed by atoms with Crippen LogP contribution >= 0.6 is 0 Å². The van der Waals surface area contributed by atoms with Gasteiger partial charge in [0.2, 0.25) is 11.8 Å². The highest BCUT2D eigenvalue weighted by atomic mass is 16.5. The summed E-state index contributed by atoms with van der Waals surface area (Å²) >= 11 is 0. The second-order valence-corrected chi connectivity index (χ2v) is 6.06. The lowest BCUT2D eigenvalue weighted by molar-refractivity contribution is -0.0276. The molecule has 0 saturated carbocycles. The van der Waals surface area contributed by atoms with E-state index >= 15 is 0 Å². The quantitative estimate of drug-likeness (QED) is 0.929. The summed E-state index contributed by atoms with van der Waals surface area (Å²) in [5.41, 5.74) is 1.56. The van der Waals surface area contributed by atoms with Crippen LogP contribution in [0.3, 0.4) is 0 Å². The Bertz CT molecular complexity index is 698. The van der Waals surface area contributed by atoms with E-state index in [1.54, 1.807) is 11.1 Å². The first-order valence-electron chi connectivity index (χ1n) is 7.96. The van der Waals surface area contributed by atoms with Crippen molar-refractivity contribution in [3.05, 3.63) is 35.8 Å². The molecule has 0 radical (unpaired) electrons. The maximum atomic E-state index is 12.4. The largest absolute Gasteiger partial charge is 0.422 e. The Morgan fingerprint density at radius 2 is 2.21 bits per heavy atom. The van der Waals surface area contributed by atoms with Gasteiger partial charge in [0.15, 0.2) is 6.10 Å². The number of amides is 2. The SMILES string of the molecule is Cc1ccc(NC(=O)N2CCOC(c3nnc(C(C)C)o3)C2)cn1. The minimum atomic E-state index is -0.402. The summed E-state index contributed by atoms with van der Waals surface area (Å²) in [6.45, 7) is 7.15. The highest BCUT2D eigenvalue weighted by Crippen LogP contribution is 2.23. The van der Waals surface area contributed by atoms with E-state index < -0.39 is 6.10 Å². The maximum absolute atomic E-state index is 12.4. The molecule has 1 aliphatic heterocycles. The van der Waals surface area contributed by atoms with Crippen molar-refractivity contribution in [3.63, 3.8) is 0 Å². The Labute approximate surface area is 140 Å². The Balaban J connectivity index is 1.63. The summed E-state index contributed by atoms with van der Waals surface area (Å²) in [6.07, 6.45) is 1.23. The van der Waals surface area contributed by atoms with Gasteiger partial charge < -0.3 is 19.4 Å². The number of urea groups is 1. The third-order valence-corrected chi connectivity index (χ3v) is 3.74. The van der Waals surface area contributed by atoms with E-state index in [0.717, 1.165) is 5.69 Å². The van der Waals surface area contributed by atoms with E-state index in [4.69, 9.17) is 9.15 Å². The Hall–Kier alpha value is -2.48. The smallest absolute Gasteiger partial charge is 0.322 e. The number of nitrogens with zero attached hydrogens (tertiary/aromatic N) is 4. The average Bonchev–Trinajstić information content (AvgIpc) is 3.07. The van der Waals surface area contributed by atoms with Crippen LogP contribution in [0.4, 0.5) is 10.5 Å². The molecular weight excluding hydrogens is 310 g/mol. The van der Waals surface area contributed by atoms with E-state index in [0.29, 0.717) is 37.2 Å². The van der Waals surface area contributed by atoms with Crippen molar-refractivity contribution in [2.24, 2.45) is 0 Å². The number of nitrogens with one attached hydrogen (secondary N) is 1. The molecule has 3 rings (SSSR count). The fourth-order valence-electron chi connectivity index (χ4n) is 2.34. The van der Waals surface area contributed by atoms with Gasteiger partial charge in [0, 0.05) is 18.2 Å². The van der Waals surface area contributed by atoms with Crippen LogP contribution in [0, 0.1) is 6.92 Å². The van der Waals surface area contributed by atoms with Crippen molar-refractivity contribution in [2.45, 2.75) is 32.8 Å². The zero-order chi connectivity index (χ0) is 17.1. The summed E-state index contributed by atoms with van der Waals surface area (Å²) < 4.78 is 11.3. The number of ether oxygens (including phenoxy) is 1. The van der Waals surface area contributed by atoms with Crippen molar-refractivity contribution in [1.82, 2.24) is 20.1 Å². The van der Waals surface area contributed by atoms with Crippen molar-refractivity contribution in [3.8, 4) is 0 Å². The number of aromatic nitrogens is 3. The number of anilines is 1. The van der Waals surface area contributed by atoms with E-state index in [1.165, 1.54) is 0 Å². The highest BCUT2D eigenvalue weighted by Gasteiger charge is 2.29. The van der Waals surface area contributed by atoms with Crippen LogP contribution in [0.5, 0.6) is 0 Å². The average molecular weight is 331 g/mol. The predicted molar refractivity (Wildman–Crippen MR) is 86.6 cm³/mol. The zero-order valence-corrected chi connectivity index (χ0v) is 14.0. The van der Waals surface area contributed by atoms with Crippen LogP contribution in [-0.4, -0.2) is 45.8 Å². The molecule has 1 saturated heterocycles. The summed E-state index contributed by atoms with van der Waals surface area (Å²) in [7, 11) is 0. The Morgan fingerprint density at radius 1 is 1.38 bits per heavy atom. The molecule has 2 amide bonds. The van der Waals surface area contributed by atoms with Crippen molar-refractivity contribution in [2.75, 3.05) is 25.0 Å². The minimum absolute atomic E-state index is 0.156. The number of pyridine rings is 1. The van der Waals surface area contributed by atoms with Crippen molar-refractivity contribution < 1.29 is 13.9 Å². The topological polar surface area (TPSA) is 93.4 Å². The fourth-order valence-corrected chi connectivity index (χ4v) is 2.34. The van der Waals surface area contributed by atoms with Gasteiger partial charge in [0.25, 0.3) is 0 Å². The van der Waals surface area contributed by atoms with Crippen LogP contribution in [0.15, 0.2) is 22.7 Å². The molecule has 0 bridgehead atoms. The van der Waals surface area contributed by atoms with Crippen LogP contribution in [0.1, 0.15) is 43.3 Å². The summed E-state index contributed by atoms with van der Waals surface area (Å²) in [5.74, 6) is 1.14. The fraction of sp³-hybridized carbons (Fsp3) is 0.500. The highest BCUT2D eigenvalue weighted by molar-refractivity contribution is 5.89. The monoisotopic (exact) mass is 331 g/mol. The molecule has 1 aliphatic rings. The summed E-state index contributed by atoms with van der Waals surface area (Å²) in [5, 5.41) is 10.9. The van der Waals surface area contributed by atoms with Crippen molar-refractivity contribution in [1.29, 1.82) is 0 Å². The lowest BCUT2D eigenvalue weighted by Crippen LogP contribution is -2.44. The van der Waals surface area contributed by atoms with Gasteiger partial charge in [-0.2, -0.15) is 0 Å². The Morgan fingerprint density at radius 3 is 2.88 bits per heavy atom. The molecule has 0 spiro atoms. The molecule has 3 heterocycles. The second-order valence-electron chi connectivity index (χ2n) is 6.06. The molecule has 24 heavy (non-hydrogen) atoms. The molecule has 2 aromatic heterocycles. The number of carbonyl (C=O) groups is 1. The van der Waals surface area contributed by atoms with Crippen LogP contribution < -0.4 is 5.32 Å². The normalized spacial score (nSPS) is 18.0. The summed E-state index contributed by atoms with van der Waals surface area (Å²) in [4.78, 5) is 18.2. The molecule has 0 aliphatic carbocycles. The van der Waals surface area contributed by atoms with Gasteiger partial charge in [-0.3, -0.25) is 4.98 Å². The zero-order valence-electron chi connectivity index (χ0n) is 14.0. The number of hydrogen-bond donors (Lipinski definition) is 1. The van der Waals surface area contributed by atoms with Gasteiger partial charge in [-0.15, -0.1) is 10.2 Å².